The zero-order chi connectivity index (χ0) is 69.0. The zero-order valence-electron chi connectivity index (χ0n) is 59.6. The van der Waals surface area contributed by atoms with Crippen LogP contribution in [0.2, 0.25) is 0 Å². The van der Waals surface area contributed by atoms with Gasteiger partial charge in [0.05, 0.1) is 26.4 Å². The molecule has 0 saturated carbocycles. The van der Waals surface area contributed by atoms with Gasteiger partial charge in [0.15, 0.2) is 12.2 Å². The second kappa shape index (κ2) is 68.3. The Morgan fingerprint density at radius 2 is 0.521 bits per heavy atom. The molecule has 0 spiro atoms. The summed E-state index contributed by atoms with van der Waals surface area (Å²) in [6.07, 6.45) is 65.0. The molecule has 0 bridgehead atoms. The van der Waals surface area contributed by atoms with E-state index in [2.05, 4.69) is 88.5 Å². The van der Waals surface area contributed by atoms with Gasteiger partial charge in [-0.15, -0.1) is 0 Å². The summed E-state index contributed by atoms with van der Waals surface area (Å²) in [5.74, 6) is -2.20. The highest BCUT2D eigenvalue weighted by atomic mass is 31.2. The first kappa shape index (κ1) is 90.8. The third-order valence-electron chi connectivity index (χ3n) is 16.0. The number of phosphoric ester groups is 2. The van der Waals surface area contributed by atoms with Crippen LogP contribution in [0.25, 0.3) is 0 Å². The van der Waals surface area contributed by atoms with Crippen molar-refractivity contribution in [1.82, 2.24) is 0 Å². The summed E-state index contributed by atoms with van der Waals surface area (Å²) >= 11 is 0. The molecule has 5 atom stereocenters. The Hall–Kier alpha value is -3.24. The maximum absolute atomic E-state index is 13.0. The van der Waals surface area contributed by atoms with Crippen LogP contribution in [0.5, 0.6) is 0 Å². The van der Waals surface area contributed by atoms with Crippen molar-refractivity contribution < 1.29 is 80.2 Å². The molecule has 2 unspecified atom stereocenters. The Morgan fingerprint density at radius 3 is 0.798 bits per heavy atom. The molecular weight excluding hydrogens is 1230 g/mol. The number of hydrogen-bond donors (Lipinski definition) is 3. The molecule has 0 aromatic heterocycles. The number of aliphatic hydroxyl groups is 1. The van der Waals surface area contributed by atoms with Crippen molar-refractivity contribution in [2.75, 3.05) is 39.6 Å². The Morgan fingerprint density at radius 1 is 0.298 bits per heavy atom. The minimum atomic E-state index is -4.97. The molecular formula is C75H136O17P2. The molecule has 0 radical (unpaired) electrons. The lowest BCUT2D eigenvalue weighted by atomic mass is 10.1. The Bertz CT molecular complexity index is 2030. The molecule has 0 aromatic rings. The number of carbonyl (C=O) groups excluding carboxylic acids is 4. The number of rotatable bonds is 71. The van der Waals surface area contributed by atoms with Crippen LogP contribution in [0.3, 0.4) is 0 Å². The predicted octanol–water partition coefficient (Wildman–Crippen LogP) is 21.1. The van der Waals surface area contributed by atoms with Crippen molar-refractivity contribution >= 4 is 39.5 Å². The fourth-order valence-electron chi connectivity index (χ4n) is 10.1. The van der Waals surface area contributed by atoms with Gasteiger partial charge in [-0.3, -0.25) is 37.3 Å². The summed E-state index contributed by atoms with van der Waals surface area (Å²) in [4.78, 5) is 72.7. The molecule has 94 heavy (non-hydrogen) atoms. The molecule has 0 rings (SSSR count). The van der Waals surface area contributed by atoms with E-state index in [0.717, 1.165) is 154 Å². The van der Waals surface area contributed by atoms with Crippen LogP contribution in [0.4, 0.5) is 0 Å². The normalized spacial score (nSPS) is 14.3. The van der Waals surface area contributed by atoms with Gasteiger partial charge in [-0.2, -0.15) is 0 Å². The van der Waals surface area contributed by atoms with E-state index in [4.69, 9.17) is 37.0 Å². The Labute approximate surface area is 571 Å². The van der Waals surface area contributed by atoms with Crippen LogP contribution >= 0.6 is 15.6 Å². The first-order chi connectivity index (χ1) is 45.7. The molecule has 17 nitrogen and oxygen atoms in total. The van der Waals surface area contributed by atoms with Gasteiger partial charge in [-0.1, -0.05) is 243 Å². The fraction of sp³-hybridized carbons (Fsp3) is 0.813. The lowest BCUT2D eigenvalue weighted by Crippen LogP contribution is -2.30. The summed E-state index contributed by atoms with van der Waals surface area (Å²) < 4.78 is 68.4. The summed E-state index contributed by atoms with van der Waals surface area (Å²) in [7, 11) is -9.94. The van der Waals surface area contributed by atoms with Crippen molar-refractivity contribution in [3.8, 4) is 0 Å². The van der Waals surface area contributed by atoms with E-state index >= 15 is 0 Å². The first-order valence-corrected chi connectivity index (χ1v) is 40.5. The van der Waals surface area contributed by atoms with Gasteiger partial charge in [-0.05, 0) is 128 Å². The van der Waals surface area contributed by atoms with Crippen molar-refractivity contribution in [3.05, 3.63) is 60.8 Å². The van der Waals surface area contributed by atoms with Crippen molar-refractivity contribution in [2.24, 2.45) is 0 Å². The molecule has 0 aromatic carbocycles. The SMILES string of the molecule is CCCCCC/C=C\C=C/CCCCCCCC(=O)OC[C@H](COP(=O)(O)OC[C@@H](O)COP(=O)(O)OC[C@@H](COC(=O)CCCCCCC/C=C\CCCCCC)OC(=O)CCCCCCC/C=C\CCCCCC)OC(=O)CCCCCCC/C=C\CCCCCC. The highest BCUT2D eigenvalue weighted by molar-refractivity contribution is 7.47. The second-order valence-electron chi connectivity index (χ2n) is 25.3. The maximum Gasteiger partial charge on any atom is 0.472 e. The van der Waals surface area contributed by atoms with E-state index in [9.17, 15) is 43.2 Å². The highest BCUT2D eigenvalue weighted by Crippen LogP contribution is 2.45. The van der Waals surface area contributed by atoms with Crippen LogP contribution in [0.15, 0.2) is 60.8 Å². The quantitative estimate of drug-likeness (QED) is 0.0128. The summed E-state index contributed by atoms with van der Waals surface area (Å²) in [5, 5.41) is 10.6. The number of aliphatic hydroxyl groups excluding tert-OH is 1. The molecule has 0 aliphatic heterocycles. The predicted molar refractivity (Wildman–Crippen MR) is 381 cm³/mol. The number of hydrogen-bond acceptors (Lipinski definition) is 15. The molecule has 0 saturated heterocycles. The third kappa shape index (κ3) is 67.3. The molecule has 0 amide bonds. The van der Waals surface area contributed by atoms with E-state index in [-0.39, 0.29) is 25.7 Å². The van der Waals surface area contributed by atoms with E-state index in [1.165, 1.54) is 103 Å². The lowest BCUT2D eigenvalue weighted by molar-refractivity contribution is -0.161. The number of unbranched alkanes of at least 4 members (excludes halogenated alkanes) is 36. The van der Waals surface area contributed by atoms with Crippen LogP contribution in [-0.2, 0) is 65.4 Å². The van der Waals surface area contributed by atoms with Gasteiger partial charge < -0.3 is 33.8 Å². The topological polar surface area (TPSA) is 237 Å². The smallest absolute Gasteiger partial charge is 0.462 e. The van der Waals surface area contributed by atoms with Crippen LogP contribution in [0, 0.1) is 0 Å². The lowest BCUT2D eigenvalue weighted by Gasteiger charge is -2.21. The van der Waals surface area contributed by atoms with Crippen LogP contribution in [-0.4, -0.2) is 96.7 Å². The summed E-state index contributed by atoms with van der Waals surface area (Å²) in [5.41, 5.74) is 0. The third-order valence-corrected chi connectivity index (χ3v) is 17.9. The molecule has 548 valence electrons. The van der Waals surface area contributed by atoms with Gasteiger partial charge in [0.1, 0.15) is 19.3 Å². The van der Waals surface area contributed by atoms with Gasteiger partial charge in [0.25, 0.3) is 0 Å². The van der Waals surface area contributed by atoms with Gasteiger partial charge >= 0.3 is 39.5 Å². The molecule has 0 heterocycles. The first-order valence-electron chi connectivity index (χ1n) is 37.5. The molecule has 3 N–H and O–H groups in total. The van der Waals surface area contributed by atoms with E-state index in [1.807, 2.05) is 0 Å². The van der Waals surface area contributed by atoms with Crippen molar-refractivity contribution in [2.45, 2.75) is 354 Å². The molecule has 0 aliphatic carbocycles. The minimum absolute atomic E-state index is 0.0845. The number of allylic oxidation sites excluding steroid dienone is 10. The van der Waals surface area contributed by atoms with Crippen molar-refractivity contribution in [1.29, 1.82) is 0 Å². The van der Waals surface area contributed by atoms with Crippen LogP contribution in [0.1, 0.15) is 336 Å². The molecule has 19 heteroatoms. The van der Waals surface area contributed by atoms with E-state index in [1.54, 1.807) is 0 Å². The van der Waals surface area contributed by atoms with Gasteiger partial charge in [0, 0.05) is 25.7 Å². The van der Waals surface area contributed by atoms with E-state index < -0.39 is 97.5 Å². The number of esters is 4. The van der Waals surface area contributed by atoms with Gasteiger partial charge in [0.2, 0.25) is 0 Å². The standard InChI is InChI=1S/C75H136O17P2/c1-5-9-13-17-21-25-29-33-34-38-40-44-48-52-56-60-73(78)86-66-71(92-75(80)62-58-54-50-46-42-37-32-28-24-20-16-12-8-4)68-90-94(83,84)88-64-69(76)63-87-93(81,82)89-67-70(91-74(79)61-57-53-49-45-41-36-31-27-23-19-15-11-7-3)65-85-72(77)59-55-51-47-43-39-35-30-26-22-18-14-10-6-2/h25-34,69-71,76H,5-24,35-68H2,1-4H3,(H,81,82)(H,83,84)/b29-25-,30-26-,31-27-,32-28-,34-33-/t69-,70+,71+/m0/s1. The van der Waals surface area contributed by atoms with Gasteiger partial charge in [-0.25, -0.2) is 9.13 Å². The zero-order valence-corrected chi connectivity index (χ0v) is 61.4. The van der Waals surface area contributed by atoms with Crippen molar-refractivity contribution in [3.63, 3.8) is 0 Å². The monoisotopic (exact) mass is 1370 g/mol. The van der Waals surface area contributed by atoms with Crippen LogP contribution < -0.4 is 0 Å². The average molecular weight is 1370 g/mol. The van der Waals surface area contributed by atoms with E-state index in [0.29, 0.717) is 25.7 Å². The Kier molecular flexibility index (Phi) is 65.9. The minimum Gasteiger partial charge on any atom is -0.462 e. The number of carbonyl (C=O) groups is 4. The summed E-state index contributed by atoms with van der Waals surface area (Å²) in [6, 6.07) is 0. The largest absolute Gasteiger partial charge is 0.472 e. The highest BCUT2D eigenvalue weighted by Gasteiger charge is 2.30. The summed E-state index contributed by atoms with van der Waals surface area (Å²) in [6.45, 7) is 4.79. The second-order valence-corrected chi connectivity index (χ2v) is 28.2. The average Bonchev–Trinajstić information content (AvgIpc) is 1.67. The number of ether oxygens (including phenoxy) is 4. The molecule has 0 aliphatic rings. The fourth-order valence-corrected chi connectivity index (χ4v) is 11.7. The molecule has 0 fully saturated rings. The number of phosphoric acid groups is 2. The maximum atomic E-state index is 13.0. The Balaban J connectivity index is 5.34.